The van der Waals surface area contributed by atoms with Gasteiger partial charge in [0.25, 0.3) is 0 Å². The monoisotopic (exact) mass is 233 g/mol. The molecule has 1 aliphatic rings. The van der Waals surface area contributed by atoms with Crippen molar-refractivity contribution >= 4 is 0 Å². The lowest BCUT2D eigenvalue weighted by Crippen LogP contribution is -2.33. The van der Waals surface area contributed by atoms with Gasteiger partial charge in [-0.05, 0) is 44.0 Å². The second kappa shape index (κ2) is 6.72. The second-order valence-electron chi connectivity index (χ2n) is 4.85. The molecular formula is C14H23N3. The summed E-state index contributed by atoms with van der Waals surface area (Å²) in [6, 6.07) is 4.89. The van der Waals surface area contributed by atoms with Gasteiger partial charge in [-0.15, -0.1) is 0 Å². The molecule has 1 fully saturated rings. The van der Waals surface area contributed by atoms with Gasteiger partial charge in [0.2, 0.25) is 0 Å². The van der Waals surface area contributed by atoms with Gasteiger partial charge in [-0.1, -0.05) is 13.0 Å². The fraction of sp³-hybridized carbons (Fsp3) is 0.643. The van der Waals surface area contributed by atoms with Crippen molar-refractivity contribution < 1.29 is 0 Å². The van der Waals surface area contributed by atoms with E-state index in [0.29, 0.717) is 6.04 Å². The number of pyridine rings is 1. The average molecular weight is 233 g/mol. The molecule has 1 aromatic heterocycles. The molecule has 0 aromatic carbocycles. The molecule has 2 heterocycles. The summed E-state index contributed by atoms with van der Waals surface area (Å²) in [5.74, 6) is 0. The van der Waals surface area contributed by atoms with Gasteiger partial charge in [0.05, 0.1) is 0 Å². The molecule has 1 N–H and O–H groups in total. The van der Waals surface area contributed by atoms with Gasteiger partial charge in [-0.25, -0.2) is 0 Å². The fourth-order valence-corrected chi connectivity index (χ4v) is 2.38. The van der Waals surface area contributed by atoms with E-state index < -0.39 is 0 Å². The van der Waals surface area contributed by atoms with Gasteiger partial charge in [-0.2, -0.15) is 0 Å². The molecule has 0 spiro atoms. The standard InChI is InChI=1S/C14H23N3/c1-2-7-16-14-6-10-17(12-14)9-5-13-4-3-8-15-11-13/h3-4,8,11,14,16H,2,5-7,9-10,12H2,1H3. The van der Waals surface area contributed by atoms with Crippen LogP contribution in [0.2, 0.25) is 0 Å². The van der Waals surface area contributed by atoms with E-state index in [1.807, 2.05) is 18.5 Å². The lowest BCUT2D eigenvalue weighted by Gasteiger charge is -2.16. The van der Waals surface area contributed by atoms with E-state index in [1.165, 1.54) is 31.5 Å². The Bertz CT molecular complexity index is 313. The first kappa shape index (κ1) is 12.5. The van der Waals surface area contributed by atoms with Gasteiger partial charge >= 0.3 is 0 Å². The van der Waals surface area contributed by atoms with E-state index in [0.717, 1.165) is 19.5 Å². The summed E-state index contributed by atoms with van der Waals surface area (Å²) in [5.41, 5.74) is 1.34. The SMILES string of the molecule is CCCNC1CCN(CCc2cccnc2)C1. The van der Waals surface area contributed by atoms with Crippen LogP contribution in [0.3, 0.4) is 0 Å². The second-order valence-corrected chi connectivity index (χ2v) is 4.85. The van der Waals surface area contributed by atoms with Crippen LogP contribution >= 0.6 is 0 Å². The molecule has 0 aliphatic carbocycles. The highest BCUT2D eigenvalue weighted by atomic mass is 15.2. The molecule has 1 saturated heterocycles. The molecule has 3 heteroatoms. The van der Waals surface area contributed by atoms with E-state index in [4.69, 9.17) is 0 Å². The Morgan fingerprint density at radius 2 is 2.47 bits per heavy atom. The Morgan fingerprint density at radius 3 is 3.24 bits per heavy atom. The molecule has 2 rings (SSSR count). The molecule has 1 atom stereocenters. The summed E-state index contributed by atoms with van der Waals surface area (Å²) in [6.45, 7) is 6.99. The molecule has 94 valence electrons. The first-order chi connectivity index (χ1) is 8.38. The summed E-state index contributed by atoms with van der Waals surface area (Å²) in [6.07, 6.45) is 7.46. The van der Waals surface area contributed by atoms with Crippen LogP contribution in [0.4, 0.5) is 0 Å². The van der Waals surface area contributed by atoms with E-state index in [2.05, 4.69) is 28.2 Å². The van der Waals surface area contributed by atoms with Gasteiger partial charge in [0, 0.05) is 31.5 Å². The Hall–Kier alpha value is -0.930. The predicted molar refractivity (Wildman–Crippen MR) is 71.1 cm³/mol. The third-order valence-electron chi connectivity index (χ3n) is 3.39. The molecule has 1 unspecified atom stereocenters. The number of nitrogens with zero attached hydrogens (tertiary/aromatic N) is 2. The molecule has 0 amide bonds. The fourth-order valence-electron chi connectivity index (χ4n) is 2.38. The minimum atomic E-state index is 0.712. The van der Waals surface area contributed by atoms with E-state index >= 15 is 0 Å². The smallest absolute Gasteiger partial charge is 0.0300 e. The zero-order chi connectivity index (χ0) is 11.9. The first-order valence-corrected chi connectivity index (χ1v) is 6.73. The van der Waals surface area contributed by atoms with Gasteiger partial charge in [-0.3, -0.25) is 4.98 Å². The van der Waals surface area contributed by atoms with Crippen molar-refractivity contribution in [1.82, 2.24) is 15.2 Å². The van der Waals surface area contributed by atoms with Crippen LogP contribution in [0.15, 0.2) is 24.5 Å². The number of nitrogens with one attached hydrogen (secondary N) is 1. The highest BCUT2D eigenvalue weighted by Crippen LogP contribution is 2.10. The largest absolute Gasteiger partial charge is 0.313 e. The van der Waals surface area contributed by atoms with Crippen molar-refractivity contribution in [2.24, 2.45) is 0 Å². The minimum absolute atomic E-state index is 0.712. The maximum Gasteiger partial charge on any atom is 0.0300 e. The van der Waals surface area contributed by atoms with Gasteiger partial charge in [0.15, 0.2) is 0 Å². The highest BCUT2D eigenvalue weighted by Gasteiger charge is 2.20. The van der Waals surface area contributed by atoms with Crippen LogP contribution in [0, 0.1) is 0 Å². The topological polar surface area (TPSA) is 28.2 Å². The minimum Gasteiger partial charge on any atom is -0.313 e. The molecule has 0 saturated carbocycles. The molecule has 0 radical (unpaired) electrons. The summed E-state index contributed by atoms with van der Waals surface area (Å²) in [4.78, 5) is 6.71. The lowest BCUT2D eigenvalue weighted by atomic mass is 10.2. The van der Waals surface area contributed by atoms with Crippen molar-refractivity contribution in [3.05, 3.63) is 30.1 Å². The third-order valence-corrected chi connectivity index (χ3v) is 3.39. The summed E-state index contributed by atoms with van der Waals surface area (Å²) >= 11 is 0. The average Bonchev–Trinajstić information content (AvgIpc) is 2.83. The van der Waals surface area contributed by atoms with Crippen molar-refractivity contribution in [3.63, 3.8) is 0 Å². The highest BCUT2D eigenvalue weighted by molar-refractivity contribution is 5.08. The molecule has 0 bridgehead atoms. The molecule has 17 heavy (non-hydrogen) atoms. The van der Waals surface area contributed by atoms with Crippen LogP contribution in [-0.2, 0) is 6.42 Å². The Morgan fingerprint density at radius 1 is 1.53 bits per heavy atom. The zero-order valence-corrected chi connectivity index (χ0v) is 10.7. The lowest BCUT2D eigenvalue weighted by molar-refractivity contribution is 0.331. The quantitative estimate of drug-likeness (QED) is 0.810. The Labute approximate surface area is 104 Å². The summed E-state index contributed by atoms with van der Waals surface area (Å²) < 4.78 is 0. The van der Waals surface area contributed by atoms with Crippen molar-refractivity contribution in [2.75, 3.05) is 26.2 Å². The van der Waals surface area contributed by atoms with E-state index in [1.54, 1.807) is 0 Å². The zero-order valence-electron chi connectivity index (χ0n) is 10.7. The third kappa shape index (κ3) is 4.10. The molecule has 1 aromatic rings. The number of hydrogen-bond acceptors (Lipinski definition) is 3. The van der Waals surface area contributed by atoms with E-state index in [-0.39, 0.29) is 0 Å². The Kier molecular flexibility index (Phi) is 4.95. The maximum absolute atomic E-state index is 4.15. The van der Waals surface area contributed by atoms with Gasteiger partial charge in [0.1, 0.15) is 0 Å². The van der Waals surface area contributed by atoms with E-state index in [9.17, 15) is 0 Å². The van der Waals surface area contributed by atoms with Crippen LogP contribution in [-0.4, -0.2) is 42.1 Å². The van der Waals surface area contributed by atoms with Crippen LogP contribution in [0.1, 0.15) is 25.3 Å². The molecular weight excluding hydrogens is 210 g/mol. The van der Waals surface area contributed by atoms with Crippen molar-refractivity contribution in [1.29, 1.82) is 0 Å². The van der Waals surface area contributed by atoms with Crippen molar-refractivity contribution in [3.8, 4) is 0 Å². The normalized spacial score (nSPS) is 20.9. The molecule has 3 nitrogen and oxygen atoms in total. The van der Waals surface area contributed by atoms with Crippen LogP contribution in [0.5, 0.6) is 0 Å². The van der Waals surface area contributed by atoms with Gasteiger partial charge < -0.3 is 10.2 Å². The first-order valence-electron chi connectivity index (χ1n) is 6.73. The van der Waals surface area contributed by atoms with Crippen molar-refractivity contribution in [2.45, 2.75) is 32.2 Å². The number of rotatable bonds is 6. The number of hydrogen-bond donors (Lipinski definition) is 1. The summed E-state index contributed by atoms with van der Waals surface area (Å²) in [5, 5.41) is 3.61. The number of aromatic nitrogens is 1. The molecule has 1 aliphatic heterocycles. The summed E-state index contributed by atoms with van der Waals surface area (Å²) in [7, 11) is 0. The van der Waals surface area contributed by atoms with Crippen LogP contribution in [0.25, 0.3) is 0 Å². The Balaban J connectivity index is 1.68. The number of likely N-dealkylation sites (tertiary alicyclic amines) is 1. The van der Waals surface area contributed by atoms with Crippen LogP contribution < -0.4 is 5.32 Å². The maximum atomic E-state index is 4.15. The predicted octanol–water partition coefficient (Wildman–Crippen LogP) is 1.70.